The summed E-state index contributed by atoms with van der Waals surface area (Å²) in [5, 5.41) is 0. The molecule has 100 valence electrons. The smallest absolute Gasteiger partial charge is 0.00385 e. The Morgan fingerprint density at radius 1 is 1.00 bits per heavy atom. The minimum atomic E-state index is 0.743. The third-order valence-electron chi connectivity index (χ3n) is 4.84. The minimum absolute atomic E-state index is 0.743. The second kappa shape index (κ2) is 6.19. The third kappa shape index (κ3) is 3.69. The van der Waals surface area contributed by atoms with Gasteiger partial charge in [-0.15, -0.1) is 0 Å². The molecule has 2 nitrogen and oxygen atoms in total. The van der Waals surface area contributed by atoms with Crippen LogP contribution >= 0.6 is 0 Å². The first-order valence-corrected chi connectivity index (χ1v) is 7.65. The fourth-order valence-corrected chi connectivity index (χ4v) is 3.43. The molecule has 0 bridgehead atoms. The molecule has 0 aromatic carbocycles. The van der Waals surface area contributed by atoms with Crippen LogP contribution in [0.2, 0.25) is 0 Å². The molecule has 0 amide bonds. The summed E-state index contributed by atoms with van der Waals surface area (Å²) < 4.78 is 0. The van der Waals surface area contributed by atoms with E-state index in [0.29, 0.717) is 0 Å². The summed E-state index contributed by atoms with van der Waals surface area (Å²) in [4.78, 5) is 5.36. The zero-order valence-electron chi connectivity index (χ0n) is 12.0. The second-order valence-corrected chi connectivity index (χ2v) is 6.40. The molecule has 2 heteroatoms. The van der Waals surface area contributed by atoms with E-state index >= 15 is 0 Å². The van der Waals surface area contributed by atoms with Gasteiger partial charge in [0, 0.05) is 19.1 Å². The van der Waals surface area contributed by atoms with E-state index < -0.39 is 0 Å². The molecule has 0 radical (unpaired) electrons. The van der Waals surface area contributed by atoms with E-state index in [-0.39, 0.29) is 0 Å². The summed E-state index contributed by atoms with van der Waals surface area (Å²) in [6.45, 7) is 13.8. The fraction of sp³-hybridized carbons (Fsp3) is 1.00. The lowest BCUT2D eigenvalue weighted by molar-refractivity contribution is 0.127. The van der Waals surface area contributed by atoms with Crippen molar-refractivity contribution in [2.75, 3.05) is 32.7 Å². The van der Waals surface area contributed by atoms with Crippen molar-refractivity contribution in [1.82, 2.24) is 9.80 Å². The van der Waals surface area contributed by atoms with Gasteiger partial charge in [0.15, 0.2) is 0 Å². The lowest BCUT2D eigenvalue weighted by atomic mass is 9.95. The van der Waals surface area contributed by atoms with Crippen molar-refractivity contribution < 1.29 is 0 Å². The maximum atomic E-state index is 2.73. The average molecular weight is 238 g/mol. The van der Waals surface area contributed by atoms with Crippen LogP contribution < -0.4 is 0 Å². The van der Waals surface area contributed by atoms with Crippen LogP contribution in [0.1, 0.15) is 46.5 Å². The van der Waals surface area contributed by atoms with Gasteiger partial charge in [0.2, 0.25) is 0 Å². The van der Waals surface area contributed by atoms with E-state index in [0.717, 1.165) is 17.9 Å². The fourth-order valence-electron chi connectivity index (χ4n) is 3.43. The van der Waals surface area contributed by atoms with Crippen LogP contribution in [-0.2, 0) is 0 Å². The predicted octanol–water partition coefficient (Wildman–Crippen LogP) is 2.84. The maximum absolute atomic E-state index is 2.73. The molecule has 0 N–H and O–H groups in total. The molecule has 0 spiro atoms. The van der Waals surface area contributed by atoms with Gasteiger partial charge in [-0.1, -0.05) is 13.3 Å². The molecule has 17 heavy (non-hydrogen) atoms. The second-order valence-electron chi connectivity index (χ2n) is 6.40. The van der Waals surface area contributed by atoms with Gasteiger partial charge in [0.25, 0.3) is 0 Å². The summed E-state index contributed by atoms with van der Waals surface area (Å²) in [6.07, 6.45) is 5.67. The van der Waals surface area contributed by atoms with E-state index in [2.05, 4.69) is 30.6 Å². The number of hydrogen-bond donors (Lipinski definition) is 0. The van der Waals surface area contributed by atoms with Gasteiger partial charge in [0.1, 0.15) is 0 Å². The van der Waals surface area contributed by atoms with Crippen molar-refractivity contribution in [3.63, 3.8) is 0 Å². The first kappa shape index (κ1) is 13.4. The summed E-state index contributed by atoms with van der Waals surface area (Å²) in [5.74, 6) is 1.96. The van der Waals surface area contributed by atoms with Gasteiger partial charge in [-0.05, 0) is 64.6 Å². The Hall–Kier alpha value is -0.0800. The van der Waals surface area contributed by atoms with E-state index in [1.807, 2.05) is 0 Å². The largest absolute Gasteiger partial charge is 0.303 e. The molecule has 0 aromatic heterocycles. The Morgan fingerprint density at radius 3 is 2.18 bits per heavy atom. The number of nitrogens with zero attached hydrogens (tertiary/aromatic N) is 2. The maximum Gasteiger partial charge on any atom is 0.00385 e. The Morgan fingerprint density at radius 2 is 1.65 bits per heavy atom. The first-order valence-electron chi connectivity index (χ1n) is 7.65. The Labute approximate surface area is 107 Å². The molecule has 2 aliphatic heterocycles. The molecule has 1 atom stereocenters. The van der Waals surface area contributed by atoms with Gasteiger partial charge in [-0.25, -0.2) is 0 Å². The van der Waals surface area contributed by atoms with Crippen LogP contribution in [0.3, 0.4) is 0 Å². The zero-order valence-corrected chi connectivity index (χ0v) is 12.0. The molecule has 0 unspecified atom stereocenters. The molecule has 2 rings (SSSR count). The van der Waals surface area contributed by atoms with Crippen LogP contribution in [0.25, 0.3) is 0 Å². The van der Waals surface area contributed by atoms with Gasteiger partial charge < -0.3 is 9.80 Å². The molecule has 0 saturated carbocycles. The average Bonchev–Trinajstić information content (AvgIpc) is 2.77. The SMILES string of the molecule is CC[C@@H]1CCN(CC2CCN(C(C)C)CC2)C1. The van der Waals surface area contributed by atoms with E-state index in [4.69, 9.17) is 0 Å². The summed E-state index contributed by atoms with van der Waals surface area (Å²) in [7, 11) is 0. The van der Waals surface area contributed by atoms with Crippen LogP contribution in [0.5, 0.6) is 0 Å². The first-order chi connectivity index (χ1) is 8.19. The topological polar surface area (TPSA) is 6.48 Å². The number of likely N-dealkylation sites (tertiary alicyclic amines) is 2. The van der Waals surface area contributed by atoms with Crippen LogP contribution in [0.15, 0.2) is 0 Å². The Balaban J connectivity index is 1.68. The van der Waals surface area contributed by atoms with Crippen molar-refractivity contribution in [3.8, 4) is 0 Å². The highest BCUT2D eigenvalue weighted by molar-refractivity contribution is 4.80. The van der Waals surface area contributed by atoms with Gasteiger partial charge >= 0.3 is 0 Å². The van der Waals surface area contributed by atoms with Crippen LogP contribution in [0.4, 0.5) is 0 Å². The van der Waals surface area contributed by atoms with E-state index in [1.165, 1.54) is 58.4 Å². The minimum Gasteiger partial charge on any atom is -0.303 e. The normalized spacial score (nSPS) is 29.3. The van der Waals surface area contributed by atoms with E-state index in [1.54, 1.807) is 0 Å². The lowest BCUT2D eigenvalue weighted by Gasteiger charge is -2.36. The van der Waals surface area contributed by atoms with Gasteiger partial charge in [0.05, 0.1) is 0 Å². The molecule has 2 aliphatic rings. The van der Waals surface area contributed by atoms with Crippen LogP contribution in [-0.4, -0.2) is 48.6 Å². The van der Waals surface area contributed by atoms with Crippen molar-refractivity contribution in [3.05, 3.63) is 0 Å². The zero-order chi connectivity index (χ0) is 12.3. The molecule has 0 aliphatic carbocycles. The number of piperidine rings is 1. The Bertz CT molecular complexity index is 219. The highest BCUT2D eigenvalue weighted by Gasteiger charge is 2.26. The number of hydrogen-bond acceptors (Lipinski definition) is 2. The van der Waals surface area contributed by atoms with Crippen molar-refractivity contribution >= 4 is 0 Å². The Kier molecular flexibility index (Phi) is 4.87. The highest BCUT2D eigenvalue weighted by atomic mass is 15.2. The van der Waals surface area contributed by atoms with E-state index in [9.17, 15) is 0 Å². The quantitative estimate of drug-likeness (QED) is 0.743. The third-order valence-corrected chi connectivity index (χ3v) is 4.84. The monoisotopic (exact) mass is 238 g/mol. The van der Waals surface area contributed by atoms with Crippen molar-refractivity contribution in [2.24, 2.45) is 11.8 Å². The molecule has 2 saturated heterocycles. The van der Waals surface area contributed by atoms with Gasteiger partial charge in [-0.3, -0.25) is 0 Å². The van der Waals surface area contributed by atoms with Crippen molar-refractivity contribution in [1.29, 1.82) is 0 Å². The van der Waals surface area contributed by atoms with Crippen LogP contribution in [0, 0.1) is 11.8 Å². The summed E-state index contributed by atoms with van der Waals surface area (Å²) >= 11 is 0. The lowest BCUT2D eigenvalue weighted by Crippen LogP contribution is -2.41. The molecule has 0 aromatic rings. The summed E-state index contributed by atoms with van der Waals surface area (Å²) in [5.41, 5.74) is 0. The molecule has 2 heterocycles. The molecular weight excluding hydrogens is 208 g/mol. The molecular formula is C15H30N2. The molecule has 2 fully saturated rings. The highest BCUT2D eigenvalue weighted by Crippen LogP contribution is 2.24. The van der Waals surface area contributed by atoms with Gasteiger partial charge in [-0.2, -0.15) is 0 Å². The van der Waals surface area contributed by atoms with Crippen molar-refractivity contribution in [2.45, 2.75) is 52.5 Å². The number of rotatable bonds is 4. The standard InChI is InChI=1S/C15H30N2/c1-4-14-5-8-16(11-14)12-15-6-9-17(10-7-15)13(2)3/h13-15H,4-12H2,1-3H3/t14-/m1/s1. The predicted molar refractivity (Wildman–Crippen MR) is 74.3 cm³/mol. The summed E-state index contributed by atoms with van der Waals surface area (Å²) in [6, 6.07) is 0.743.